The highest BCUT2D eigenvalue weighted by molar-refractivity contribution is 7.92. The second-order valence-electron chi connectivity index (χ2n) is 9.25. The Kier molecular flexibility index (Phi) is 10.8. The van der Waals surface area contributed by atoms with Gasteiger partial charge in [0.2, 0.25) is 11.8 Å². The van der Waals surface area contributed by atoms with E-state index in [1.54, 1.807) is 49.4 Å². The number of nitrogens with zero attached hydrogens (tertiary/aromatic N) is 2. The third kappa shape index (κ3) is 7.47. The summed E-state index contributed by atoms with van der Waals surface area (Å²) in [6.45, 7) is 4.81. The molecule has 40 heavy (non-hydrogen) atoms. The van der Waals surface area contributed by atoms with E-state index >= 15 is 0 Å². The number of rotatable bonds is 12. The topological polar surface area (TPSA) is 96.0 Å². The van der Waals surface area contributed by atoms with Gasteiger partial charge in [0.05, 0.1) is 22.7 Å². The number of carbonyl (C=O) groups is 2. The second kappa shape index (κ2) is 13.9. The van der Waals surface area contributed by atoms with Crippen molar-refractivity contribution < 1.29 is 22.7 Å². The van der Waals surface area contributed by atoms with Crippen molar-refractivity contribution in [1.82, 2.24) is 10.2 Å². The molecule has 214 valence electrons. The molecule has 2 atom stereocenters. The van der Waals surface area contributed by atoms with Gasteiger partial charge in [-0.25, -0.2) is 8.42 Å². The summed E-state index contributed by atoms with van der Waals surface area (Å²) in [5, 5.41) is 3.49. The van der Waals surface area contributed by atoms with Crippen LogP contribution >= 0.6 is 23.2 Å². The van der Waals surface area contributed by atoms with Crippen molar-refractivity contribution in [3.05, 3.63) is 88.4 Å². The van der Waals surface area contributed by atoms with E-state index in [1.165, 1.54) is 42.3 Å². The van der Waals surface area contributed by atoms with Crippen molar-refractivity contribution in [2.24, 2.45) is 0 Å². The number of hydrogen-bond acceptors (Lipinski definition) is 5. The van der Waals surface area contributed by atoms with Crippen molar-refractivity contribution >= 4 is 50.7 Å². The zero-order chi connectivity index (χ0) is 29.4. The molecule has 0 radical (unpaired) electrons. The minimum absolute atomic E-state index is 0.00378. The van der Waals surface area contributed by atoms with Crippen molar-refractivity contribution in [2.75, 3.05) is 18.0 Å². The van der Waals surface area contributed by atoms with Gasteiger partial charge in [-0.05, 0) is 62.2 Å². The van der Waals surface area contributed by atoms with Crippen molar-refractivity contribution in [3.63, 3.8) is 0 Å². The molecule has 0 aliphatic heterocycles. The maximum Gasteiger partial charge on any atom is 0.264 e. The van der Waals surface area contributed by atoms with E-state index in [2.05, 4.69) is 5.32 Å². The zero-order valence-corrected chi connectivity index (χ0v) is 25.1. The molecular weight excluding hydrogens is 573 g/mol. The summed E-state index contributed by atoms with van der Waals surface area (Å²) in [4.78, 5) is 28.4. The standard InChI is InChI=1S/C29H33Cl2N3O5S/c1-5-20(2)32-29(36)21(3)33(18-22-11-9-10-14-25(22)30)28(35)19-34(23-15-16-27(39-4)26(31)17-23)40(37,38)24-12-7-6-8-13-24/h6-17,20-21H,5,18-19H2,1-4H3,(H,32,36). The summed E-state index contributed by atoms with van der Waals surface area (Å²) in [6, 6.07) is 18.2. The third-order valence-corrected chi connectivity index (χ3v) is 8.95. The predicted octanol–water partition coefficient (Wildman–Crippen LogP) is 5.53. The van der Waals surface area contributed by atoms with E-state index in [9.17, 15) is 18.0 Å². The van der Waals surface area contributed by atoms with Gasteiger partial charge in [0, 0.05) is 17.6 Å². The van der Waals surface area contributed by atoms with Gasteiger partial charge in [0.1, 0.15) is 18.3 Å². The number of nitrogens with one attached hydrogen (secondary N) is 1. The monoisotopic (exact) mass is 605 g/mol. The van der Waals surface area contributed by atoms with E-state index in [-0.39, 0.29) is 34.1 Å². The van der Waals surface area contributed by atoms with Gasteiger partial charge in [-0.1, -0.05) is 66.5 Å². The molecule has 0 spiro atoms. The Morgan fingerprint density at radius 3 is 2.20 bits per heavy atom. The lowest BCUT2D eigenvalue weighted by atomic mass is 10.1. The van der Waals surface area contributed by atoms with Crippen LogP contribution in [0, 0.1) is 0 Å². The van der Waals surface area contributed by atoms with E-state index in [1.807, 2.05) is 13.8 Å². The molecule has 1 N–H and O–H groups in total. The number of sulfonamides is 1. The number of benzene rings is 3. The Labute approximate surface area is 245 Å². The first-order valence-electron chi connectivity index (χ1n) is 12.7. The summed E-state index contributed by atoms with van der Waals surface area (Å²) in [7, 11) is -2.76. The SMILES string of the molecule is CCC(C)NC(=O)C(C)N(Cc1ccccc1Cl)C(=O)CN(c1ccc(OC)c(Cl)c1)S(=O)(=O)c1ccccc1. The summed E-state index contributed by atoms with van der Waals surface area (Å²) >= 11 is 12.7. The van der Waals surface area contributed by atoms with E-state index in [0.717, 1.165) is 4.31 Å². The van der Waals surface area contributed by atoms with Gasteiger partial charge in [-0.15, -0.1) is 0 Å². The summed E-state index contributed by atoms with van der Waals surface area (Å²) in [5.74, 6) is -0.609. The highest BCUT2D eigenvalue weighted by Crippen LogP contribution is 2.32. The van der Waals surface area contributed by atoms with Crippen LogP contribution in [0.1, 0.15) is 32.8 Å². The first-order chi connectivity index (χ1) is 19.0. The smallest absolute Gasteiger partial charge is 0.264 e. The molecule has 3 aromatic rings. The minimum Gasteiger partial charge on any atom is -0.495 e. The largest absolute Gasteiger partial charge is 0.495 e. The molecule has 0 fully saturated rings. The van der Waals surface area contributed by atoms with Crippen molar-refractivity contribution in [1.29, 1.82) is 0 Å². The molecule has 2 unspecified atom stereocenters. The quantitative estimate of drug-likeness (QED) is 0.293. The minimum atomic E-state index is -4.21. The number of ether oxygens (including phenoxy) is 1. The van der Waals surface area contributed by atoms with Crippen molar-refractivity contribution in [3.8, 4) is 5.75 Å². The normalized spacial score (nSPS) is 12.8. The summed E-state index contributed by atoms with van der Waals surface area (Å²) in [6.07, 6.45) is 0.707. The third-order valence-electron chi connectivity index (χ3n) is 6.50. The van der Waals surface area contributed by atoms with Crippen molar-refractivity contribution in [2.45, 2.75) is 50.7 Å². The molecule has 0 saturated heterocycles. The Balaban J connectivity index is 2.06. The van der Waals surface area contributed by atoms with E-state index in [0.29, 0.717) is 22.8 Å². The fourth-order valence-electron chi connectivity index (χ4n) is 3.92. The van der Waals surface area contributed by atoms with Crippen LogP contribution in [-0.4, -0.2) is 50.9 Å². The highest BCUT2D eigenvalue weighted by Gasteiger charge is 2.33. The Hall–Kier alpha value is -3.27. The molecule has 8 nitrogen and oxygen atoms in total. The van der Waals surface area contributed by atoms with Gasteiger partial charge in [0.15, 0.2) is 0 Å². The molecule has 2 amide bonds. The average molecular weight is 607 g/mol. The number of anilines is 1. The lowest BCUT2D eigenvalue weighted by molar-refractivity contribution is -0.139. The Morgan fingerprint density at radius 1 is 0.950 bits per heavy atom. The highest BCUT2D eigenvalue weighted by atomic mass is 35.5. The number of methoxy groups -OCH3 is 1. The fourth-order valence-corrected chi connectivity index (χ4v) is 5.79. The second-order valence-corrected chi connectivity index (χ2v) is 11.9. The average Bonchev–Trinajstić information content (AvgIpc) is 2.95. The van der Waals surface area contributed by atoms with Crippen LogP contribution < -0.4 is 14.4 Å². The molecular formula is C29H33Cl2N3O5S. The Bertz CT molecular complexity index is 1440. The fraction of sp³-hybridized carbons (Fsp3) is 0.310. The number of halogens is 2. The van der Waals surface area contributed by atoms with Crippen LogP contribution in [0.5, 0.6) is 5.75 Å². The van der Waals surface area contributed by atoms with Gasteiger partial charge in [-0.3, -0.25) is 13.9 Å². The Morgan fingerprint density at radius 2 is 1.60 bits per heavy atom. The molecule has 0 aliphatic carbocycles. The van der Waals surface area contributed by atoms with E-state index in [4.69, 9.17) is 27.9 Å². The number of carbonyl (C=O) groups excluding carboxylic acids is 2. The lowest BCUT2D eigenvalue weighted by Gasteiger charge is -2.32. The molecule has 0 aliphatic rings. The maximum absolute atomic E-state index is 14.0. The van der Waals surface area contributed by atoms with Gasteiger partial charge >= 0.3 is 0 Å². The lowest BCUT2D eigenvalue weighted by Crippen LogP contribution is -2.52. The molecule has 0 heterocycles. The van der Waals surface area contributed by atoms with Crippen LogP contribution in [0.25, 0.3) is 0 Å². The maximum atomic E-state index is 14.0. The molecule has 0 saturated carbocycles. The van der Waals surface area contributed by atoms with E-state index < -0.39 is 28.5 Å². The summed E-state index contributed by atoms with van der Waals surface area (Å²) < 4.78 is 33.9. The van der Waals surface area contributed by atoms with Crippen LogP contribution in [0.15, 0.2) is 77.7 Å². The van der Waals surface area contributed by atoms with Gasteiger partial charge in [0.25, 0.3) is 10.0 Å². The first-order valence-corrected chi connectivity index (χ1v) is 14.9. The van der Waals surface area contributed by atoms with Crippen LogP contribution in [0.3, 0.4) is 0 Å². The molecule has 3 aromatic carbocycles. The molecule has 11 heteroatoms. The first kappa shape index (κ1) is 31.3. The number of hydrogen-bond donors (Lipinski definition) is 1. The zero-order valence-electron chi connectivity index (χ0n) is 22.8. The molecule has 0 aromatic heterocycles. The number of amides is 2. The van der Waals surface area contributed by atoms with Crippen LogP contribution in [0.2, 0.25) is 10.0 Å². The predicted molar refractivity (Wildman–Crippen MR) is 158 cm³/mol. The van der Waals surface area contributed by atoms with Gasteiger partial charge < -0.3 is 15.0 Å². The van der Waals surface area contributed by atoms with Crippen LogP contribution in [-0.2, 0) is 26.2 Å². The molecule has 3 rings (SSSR count). The summed E-state index contributed by atoms with van der Waals surface area (Å²) in [5.41, 5.74) is 0.781. The van der Waals surface area contributed by atoms with Crippen LogP contribution in [0.4, 0.5) is 5.69 Å². The molecule has 0 bridgehead atoms. The van der Waals surface area contributed by atoms with Gasteiger partial charge in [-0.2, -0.15) is 0 Å².